The average molecular weight is 261 g/mol. The van der Waals surface area contributed by atoms with E-state index in [9.17, 15) is 8.78 Å². The Morgan fingerprint density at radius 3 is 2.36 bits per heavy atom. The predicted molar refractivity (Wildman–Crippen MR) is 52.7 cm³/mol. The van der Waals surface area contributed by atoms with E-state index >= 15 is 0 Å². The molecule has 0 amide bonds. The van der Waals surface area contributed by atoms with E-state index in [1.807, 2.05) is 0 Å². The molecule has 0 unspecified atom stereocenters. The second-order valence-electron chi connectivity index (χ2n) is 2.36. The minimum Gasteiger partial charge on any atom is -0.433 e. The van der Waals surface area contributed by atoms with Gasteiger partial charge < -0.3 is 4.74 Å². The van der Waals surface area contributed by atoms with Crippen LogP contribution >= 0.6 is 34.8 Å². The first-order valence-electron chi connectivity index (χ1n) is 3.54. The zero-order chi connectivity index (χ0) is 10.7. The summed E-state index contributed by atoms with van der Waals surface area (Å²) >= 11 is 16.9. The van der Waals surface area contributed by atoms with Crippen LogP contribution in [0.15, 0.2) is 12.1 Å². The Hall–Kier alpha value is -0.250. The Morgan fingerprint density at radius 2 is 1.86 bits per heavy atom. The number of halogens is 5. The Morgan fingerprint density at radius 1 is 1.21 bits per heavy atom. The zero-order valence-corrected chi connectivity index (χ0v) is 9.01. The van der Waals surface area contributed by atoms with Crippen LogP contribution in [-0.4, -0.2) is 6.61 Å². The summed E-state index contributed by atoms with van der Waals surface area (Å²) in [7, 11) is 0. The van der Waals surface area contributed by atoms with Gasteiger partial charge in [0.05, 0.1) is 5.02 Å². The molecule has 0 spiro atoms. The second-order valence-corrected chi connectivity index (χ2v) is 3.39. The van der Waals surface area contributed by atoms with Crippen molar-refractivity contribution < 1.29 is 13.5 Å². The lowest BCUT2D eigenvalue weighted by Crippen LogP contribution is -2.02. The smallest absolute Gasteiger partial charge is 0.387 e. The van der Waals surface area contributed by atoms with Crippen LogP contribution in [0, 0.1) is 0 Å². The molecule has 0 aliphatic rings. The molecule has 0 radical (unpaired) electrons. The summed E-state index contributed by atoms with van der Waals surface area (Å²) in [5, 5.41) is 0.0879. The van der Waals surface area contributed by atoms with E-state index in [0.717, 1.165) is 0 Å². The third-order valence-electron chi connectivity index (χ3n) is 1.49. The molecule has 6 heteroatoms. The zero-order valence-electron chi connectivity index (χ0n) is 6.74. The number of ether oxygens (including phenoxy) is 1. The molecule has 78 valence electrons. The molecule has 0 saturated heterocycles. The first-order valence-corrected chi connectivity index (χ1v) is 4.83. The highest BCUT2D eigenvalue weighted by Crippen LogP contribution is 2.35. The second kappa shape index (κ2) is 5.01. The molecule has 0 heterocycles. The molecule has 0 bridgehead atoms. The van der Waals surface area contributed by atoms with Gasteiger partial charge in [-0.1, -0.05) is 29.3 Å². The van der Waals surface area contributed by atoms with Crippen LogP contribution in [-0.2, 0) is 5.88 Å². The van der Waals surface area contributed by atoms with Crippen molar-refractivity contribution in [1.29, 1.82) is 0 Å². The summed E-state index contributed by atoms with van der Waals surface area (Å²) in [5.41, 5.74) is 0.569. The van der Waals surface area contributed by atoms with Crippen LogP contribution in [0.1, 0.15) is 5.56 Å². The van der Waals surface area contributed by atoms with Crippen LogP contribution in [0.25, 0.3) is 0 Å². The highest BCUT2D eigenvalue weighted by molar-refractivity contribution is 6.43. The number of alkyl halides is 3. The topological polar surface area (TPSA) is 9.23 Å². The highest BCUT2D eigenvalue weighted by atomic mass is 35.5. The van der Waals surface area contributed by atoms with E-state index in [-0.39, 0.29) is 21.7 Å². The Kier molecular flexibility index (Phi) is 4.23. The molecular formula is C8H5Cl3F2O. The maximum absolute atomic E-state index is 11.9. The van der Waals surface area contributed by atoms with Gasteiger partial charge in [-0.2, -0.15) is 8.78 Å². The minimum absolute atomic E-state index is 0.0508. The van der Waals surface area contributed by atoms with E-state index < -0.39 is 6.61 Å². The Bertz CT molecular complexity index is 331. The average Bonchev–Trinajstić information content (AvgIpc) is 2.13. The fraction of sp³-hybridized carbons (Fsp3) is 0.250. The maximum Gasteiger partial charge on any atom is 0.387 e. The highest BCUT2D eigenvalue weighted by Gasteiger charge is 2.13. The third kappa shape index (κ3) is 2.62. The van der Waals surface area contributed by atoms with E-state index in [1.54, 1.807) is 0 Å². The summed E-state index contributed by atoms with van der Waals surface area (Å²) < 4.78 is 27.9. The van der Waals surface area contributed by atoms with Gasteiger partial charge in [0.25, 0.3) is 0 Å². The molecular weight excluding hydrogens is 256 g/mol. The van der Waals surface area contributed by atoms with Crippen molar-refractivity contribution in [1.82, 2.24) is 0 Å². The Labute approximate surface area is 94.5 Å². The molecule has 0 aliphatic carbocycles. The lowest BCUT2D eigenvalue weighted by molar-refractivity contribution is -0.0497. The molecule has 0 N–H and O–H groups in total. The lowest BCUT2D eigenvalue weighted by atomic mass is 10.2. The van der Waals surface area contributed by atoms with Crippen molar-refractivity contribution in [3.63, 3.8) is 0 Å². The molecule has 0 aromatic heterocycles. The fourth-order valence-corrected chi connectivity index (χ4v) is 1.60. The number of hydrogen-bond acceptors (Lipinski definition) is 1. The summed E-state index contributed by atoms with van der Waals surface area (Å²) in [5.74, 6) is 0.00795. The van der Waals surface area contributed by atoms with Gasteiger partial charge in [-0.3, -0.25) is 0 Å². The lowest BCUT2D eigenvalue weighted by Gasteiger charge is -2.09. The van der Waals surface area contributed by atoms with Gasteiger partial charge in [0, 0.05) is 5.88 Å². The van der Waals surface area contributed by atoms with Crippen LogP contribution < -0.4 is 4.74 Å². The van der Waals surface area contributed by atoms with Gasteiger partial charge in [-0.15, -0.1) is 11.6 Å². The van der Waals surface area contributed by atoms with Crippen molar-refractivity contribution in [2.45, 2.75) is 12.5 Å². The molecule has 0 aliphatic heterocycles. The predicted octanol–water partition coefficient (Wildman–Crippen LogP) is 4.33. The quantitative estimate of drug-likeness (QED) is 0.736. The summed E-state index contributed by atoms with van der Waals surface area (Å²) in [6, 6.07) is 2.79. The standard InChI is InChI=1S/C8H5Cl3F2O/c9-3-4-1-2-5(14-8(12)13)7(11)6(4)10/h1-2,8H,3H2. The number of benzene rings is 1. The first-order chi connectivity index (χ1) is 6.56. The molecule has 1 rings (SSSR count). The van der Waals surface area contributed by atoms with Gasteiger partial charge in [0.15, 0.2) is 0 Å². The molecule has 0 atom stereocenters. The van der Waals surface area contributed by atoms with Crippen molar-refractivity contribution >= 4 is 34.8 Å². The summed E-state index contributed by atoms with van der Waals surface area (Å²) in [6.45, 7) is -2.93. The van der Waals surface area contributed by atoms with Crippen molar-refractivity contribution in [3.05, 3.63) is 27.7 Å². The molecule has 0 fully saturated rings. The van der Waals surface area contributed by atoms with E-state index in [4.69, 9.17) is 34.8 Å². The summed E-state index contributed by atoms with van der Waals surface area (Å²) in [4.78, 5) is 0. The van der Waals surface area contributed by atoms with Crippen molar-refractivity contribution in [2.24, 2.45) is 0 Å². The SMILES string of the molecule is FC(F)Oc1ccc(CCl)c(Cl)c1Cl. The van der Waals surface area contributed by atoms with Crippen LogP contribution in [0.4, 0.5) is 8.78 Å². The van der Waals surface area contributed by atoms with Gasteiger partial charge >= 0.3 is 6.61 Å². The van der Waals surface area contributed by atoms with Gasteiger partial charge in [-0.25, -0.2) is 0 Å². The number of hydrogen-bond donors (Lipinski definition) is 0. The van der Waals surface area contributed by atoms with Crippen LogP contribution in [0.2, 0.25) is 10.0 Å². The maximum atomic E-state index is 11.9. The monoisotopic (exact) mass is 260 g/mol. The van der Waals surface area contributed by atoms with Crippen molar-refractivity contribution in [2.75, 3.05) is 0 Å². The normalized spacial score (nSPS) is 10.7. The first kappa shape index (κ1) is 11.8. The molecule has 14 heavy (non-hydrogen) atoms. The molecule has 1 aromatic rings. The van der Waals surface area contributed by atoms with Gasteiger partial charge in [-0.05, 0) is 11.6 Å². The minimum atomic E-state index is -2.93. The van der Waals surface area contributed by atoms with Gasteiger partial charge in [0.1, 0.15) is 10.8 Å². The third-order valence-corrected chi connectivity index (χ3v) is 2.68. The van der Waals surface area contributed by atoms with E-state index in [0.29, 0.717) is 5.56 Å². The fourth-order valence-electron chi connectivity index (χ4n) is 0.862. The van der Waals surface area contributed by atoms with Crippen LogP contribution in [0.5, 0.6) is 5.75 Å². The van der Waals surface area contributed by atoms with E-state index in [2.05, 4.69) is 4.74 Å². The summed E-state index contributed by atoms with van der Waals surface area (Å²) in [6.07, 6.45) is 0. The van der Waals surface area contributed by atoms with Gasteiger partial charge in [0.2, 0.25) is 0 Å². The molecule has 1 nitrogen and oxygen atoms in total. The van der Waals surface area contributed by atoms with E-state index in [1.165, 1.54) is 12.1 Å². The largest absolute Gasteiger partial charge is 0.433 e. The number of rotatable bonds is 3. The van der Waals surface area contributed by atoms with Crippen molar-refractivity contribution in [3.8, 4) is 5.75 Å². The molecule has 1 aromatic carbocycles. The van der Waals surface area contributed by atoms with Crippen LogP contribution in [0.3, 0.4) is 0 Å². The Balaban J connectivity index is 3.04. The molecule has 0 saturated carbocycles.